The van der Waals surface area contributed by atoms with Gasteiger partial charge in [0.25, 0.3) is 0 Å². The number of ether oxygens (including phenoxy) is 1. The van der Waals surface area contributed by atoms with Crippen LogP contribution in [-0.4, -0.2) is 12.5 Å². The highest BCUT2D eigenvalue weighted by molar-refractivity contribution is 6.07. The second-order valence-electron chi connectivity index (χ2n) is 6.46. The van der Waals surface area contributed by atoms with Crippen molar-refractivity contribution in [2.75, 3.05) is 11.9 Å². The number of unbranched alkanes of at least 4 members (excludes halogenated alkanes) is 3. The molecule has 3 heteroatoms. The maximum atomic E-state index is 12.3. The molecular formula is C19H27NO2. The summed E-state index contributed by atoms with van der Waals surface area (Å²) in [5.74, 6) is 0.836. The summed E-state index contributed by atoms with van der Waals surface area (Å²) < 4.78 is 5.77. The van der Waals surface area contributed by atoms with Gasteiger partial charge >= 0.3 is 0 Å². The lowest BCUT2D eigenvalue weighted by Gasteiger charge is -2.20. The fourth-order valence-corrected chi connectivity index (χ4v) is 2.99. The van der Waals surface area contributed by atoms with Gasteiger partial charge < -0.3 is 10.1 Å². The first kappa shape index (κ1) is 16.6. The summed E-state index contributed by atoms with van der Waals surface area (Å²) in [6.07, 6.45) is 7.61. The van der Waals surface area contributed by atoms with E-state index in [0.29, 0.717) is 6.61 Å². The highest BCUT2D eigenvalue weighted by Gasteiger charge is 2.42. The summed E-state index contributed by atoms with van der Waals surface area (Å²) in [5.41, 5.74) is 2.63. The van der Waals surface area contributed by atoms with Gasteiger partial charge in [0.05, 0.1) is 11.1 Å². The number of nitrogens with one attached hydrogen (secondary N) is 1. The Labute approximate surface area is 133 Å². The average molecular weight is 301 g/mol. The van der Waals surface area contributed by atoms with Gasteiger partial charge in [0.15, 0.2) is 0 Å². The molecule has 0 saturated heterocycles. The summed E-state index contributed by atoms with van der Waals surface area (Å²) >= 11 is 0. The van der Waals surface area contributed by atoms with Crippen LogP contribution in [0.3, 0.4) is 0 Å². The molecule has 0 aliphatic carbocycles. The van der Waals surface area contributed by atoms with Crippen molar-refractivity contribution in [3.8, 4) is 5.75 Å². The van der Waals surface area contributed by atoms with Crippen molar-refractivity contribution < 1.29 is 9.53 Å². The molecule has 120 valence electrons. The Morgan fingerprint density at radius 2 is 2.05 bits per heavy atom. The van der Waals surface area contributed by atoms with Gasteiger partial charge in [-0.25, -0.2) is 0 Å². The molecular weight excluding hydrogens is 274 g/mol. The number of hydrogen-bond acceptors (Lipinski definition) is 2. The van der Waals surface area contributed by atoms with Gasteiger partial charge in [-0.3, -0.25) is 4.79 Å². The first-order valence-corrected chi connectivity index (χ1v) is 8.23. The first-order chi connectivity index (χ1) is 10.5. The third-order valence-corrected chi connectivity index (χ3v) is 4.34. The minimum Gasteiger partial charge on any atom is -0.489 e. The third kappa shape index (κ3) is 3.18. The smallest absolute Gasteiger partial charge is 0.234 e. The van der Waals surface area contributed by atoms with Crippen molar-refractivity contribution in [1.29, 1.82) is 0 Å². The van der Waals surface area contributed by atoms with Gasteiger partial charge in [0.2, 0.25) is 5.91 Å². The minimum absolute atomic E-state index is 0.0481. The number of carbonyl (C=O) groups excluding carboxylic acids is 1. The second-order valence-corrected chi connectivity index (χ2v) is 6.46. The fraction of sp³-hybridized carbons (Fsp3) is 0.526. The van der Waals surface area contributed by atoms with Crippen molar-refractivity contribution >= 4 is 11.6 Å². The van der Waals surface area contributed by atoms with E-state index in [1.807, 2.05) is 19.9 Å². The lowest BCUT2D eigenvalue weighted by Crippen LogP contribution is -2.27. The molecule has 3 nitrogen and oxygen atoms in total. The normalized spacial score (nSPS) is 15.3. The molecule has 1 aliphatic rings. The molecule has 22 heavy (non-hydrogen) atoms. The van der Waals surface area contributed by atoms with E-state index < -0.39 is 5.41 Å². The van der Waals surface area contributed by atoms with Gasteiger partial charge in [-0.2, -0.15) is 0 Å². The summed E-state index contributed by atoms with van der Waals surface area (Å²) in [6.45, 7) is 10.3. The van der Waals surface area contributed by atoms with E-state index in [9.17, 15) is 4.79 Å². The number of aryl methyl sites for hydroxylation is 1. The van der Waals surface area contributed by atoms with Gasteiger partial charge in [-0.15, -0.1) is 0 Å². The largest absolute Gasteiger partial charge is 0.489 e. The maximum absolute atomic E-state index is 12.3. The van der Waals surface area contributed by atoms with Crippen molar-refractivity contribution in [2.45, 2.75) is 58.3 Å². The molecule has 0 spiro atoms. The molecule has 2 rings (SSSR count). The molecule has 1 aromatic carbocycles. The van der Waals surface area contributed by atoms with E-state index in [2.05, 4.69) is 24.9 Å². The summed E-state index contributed by atoms with van der Waals surface area (Å²) in [7, 11) is 0. The van der Waals surface area contributed by atoms with E-state index in [1.54, 1.807) is 6.08 Å². The van der Waals surface area contributed by atoms with Crippen LogP contribution in [0.4, 0.5) is 5.69 Å². The monoisotopic (exact) mass is 301 g/mol. The summed E-state index contributed by atoms with van der Waals surface area (Å²) in [5, 5.41) is 3.07. The van der Waals surface area contributed by atoms with Gasteiger partial charge in [0.1, 0.15) is 12.4 Å². The van der Waals surface area contributed by atoms with Gasteiger partial charge in [0, 0.05) is 5.56 Å². The Kier molecular flexibility index (Phi) is 5.28. The van der Waals surface area contributed by atoms with Crippen molar-refractivity contribution in [3.05, 3.63) is 35.9 Å². The molecule has 1 N–H and O–H groups in total. The van der Waals surface area contributed by atoms with Crippen molar-refractivity contribution in [1.82, 2.24) is 0 Å². The molecule has 1 amide bonds. The Bertz CT molecular complexity index is 561. The first-order valence-electron chi connectivity index (χ1n) is 8.23. The number of anilines is 1. The van der Waals surface area contributed by atoms with Crippen LogP contribution in [0.1, 0.15) is 57.6 Å². The maximum Gasteiger partial charge on any atom is 0.234 e. The Morgan fingerprint density at radius 3 is 2.73 bits per heavy atom. The van der Waals surface area contributed by atoms with Gasteiger partial charge in [-0.05, 0) is 38.3 Å². The predicted octanol–water partition coefficient (Wildman–Crippen LogP) is 4.60. The van der Waals surface area contributed by atoms with E-state index in [1.165, 1.54) is 24.8 Å². The predicted molar refractivity (Wildman–Crippen MR) is 91.6 cm³/mol. The highest BCUT2D eigenvalue weighted by Crippen LogP contribution is 2.45. The lowest BCUT2D eigenvalue weighted by molar-refractivity contribution is -0.119. The van der Waals surface area contributed by atoms with Crippen LogP contribution in [0, 0.1) is 0 Å². The number of amides is 1. The summed E-state index contributed by atoms with van der Waals surface area (Å²) in [6, 6.07) is 4.09. The number of rotatable bonds is 8. The minimum atomic E-state index is -0.550. The zero-order valence-electron chi connectivity index (χ0n) is 14.0. The number of carbonyl (C=O) groups is 1. The summed E-state index contributed by atoms with van der Waals surface area (Å²) in [4.78, 5) is 12.3. The molecule has 1 aliphatic heterocycles. The Balaban J connectivity index is 2.30. The van der Waals surface area contributed by atoms with E-state index >= 15 is 0 Å². The topological polar surface area (TPSA) is 38.3 Å². The number of hydrogen-bond donors (Lipinski definition) is 1. The van der Waals surface area contributed by atoms with E-state index in [4.69, 9.17) is 4.74 Å². The Morgan fingerprint density at radius 1 is 1.27 bits per heavy atom. The van der Waals surface area contributed by atoms with Crippen molar-refractivity contribution in [3.63, 3.8) is 0 Å². The standard InChI is InChI=1S/C19H27NO2/c1-5-7-8-9-10-14-11-12-15(22-13-6-2)16-17(14)20-18(21)19(16,3)4/h6,11-12H,2,5,7-10,13H2,1,3-4H3,(H,20,21). The molecule has 0 fully saturated rings. The zero-order valence-corrected chi connectivity index (χ0v) is 14.0. The second kappa shape index (κ2) is 6.99. The molecule has 0 radical (unpaired) electrons. The zero-order chi connectivity index (χ0) is 16.2. The molecule has 0 bridgehead atoms. The number of benzene rings is 1. The van der Waals surface area contributed by atoms with Crippen LogP contribution in [0.2, 0.25) is 0 Å². The molecule has 1 aromatic rings. The lowest BCUT2D eigenvalue weighted by atomic mass is 9.84. The van der Waals surface area contributed by atoms with Crippen LogP contribution in [-0.2, 0) is 16.6 Å². The molecule has 0 unspecified atom stereocenters. The van der Waals surface area contributed by atoms with E-state index in [0.717, 1.165) is 29.8 Å². The molecule has 0 saturated carbocycles. The van der Waals surface area contributed by atoms with Crippen molar-refractivity contribution in [2.24, 2.45) is 0 Å². The highest BCUT2D eigenvalue weighted by atomic mass is 16.5. The molecule has 0 atom stereocenters. The third-order valence-electron chi connectivity index (χ3n) is 4.34. The van der Waals surface area contributed by atoms with Crippen LogP contribution in [0.15, 0.2) is 24.8 Å². The van der Waals surface area contributed by atoms with Gasteiger partial charge in [-0.1, -0.05) is 44.9 Å². The van der Waals surface area contributed by atoms with Crippen LogP contribution >= 0.6 is 0 Å². The number of fused-ring (bicyclic) bond motifs is 1. The average Bonchev–Trinajstić information content (AvgIpc) is 2.73. The van der Waals surface area contributed by atoms with Crippen LogP contribution in [0.25, 0.3) is 0 Å². The van der Waals surface area contributed by atoms with Crippen LogP contribution < -0.4 is 10.1 Å². The van der Waals surface area contributed by atoms with Crippen LogP contribution in [0.5, 0.6) is 5.75 Å². The SMILES string of the molecule is C=CCOc1ccc(CCCCCC)c2c1C(C)(C)C(=O)N2. The van der Waals surface area contributed by atoms with E-state index in [-0.39, 0.29) is 5.91 Å². The fourth-order valence-electron chi connectivity index (χ4n) is 2.99. The quantitative estimate of drug-likeness (QED) is 0.563. The molecule has 1 heterocycles. The Hall–Kier alpha value is -1.77. The molecule has 0 aromatic heterocycles.